The van der Waals surface area contributed by atoms with E-state index in [0.29, 0.717) is 25.7 Å². The number of likely N-dealkylation sites (N-methyl/N-ethyl adjacent to an activating group) is 1. The Hall–Kier alpha value is -4.01. The van der Waals surface area contributed by atoms with Crippen LogP contribution in [-0.4, -0.2) is 65.5 Å². The summed E-state index contributed by atoms with van der Waals surface area (Å²) in [5.74, 6) is -1.25. The molecule has 2 heterocycles. The molecule has 3 amide bonds. The minimum Gasteiger partial charge on any atom is -0.396 e. The molecule has 0 aliphatic carbocycles. The molecule has 0 saturated carbocycles. The highest BCUT2D eigenvalue weighted by atomic mass is 16.3. The van der Waals surface area contributed by atoms with Gasteiger partial charge >= 0.3 is 0 Å². The number of aliphatic hydroxyl groups excluding tert-OH is 1. The molecule has 2 fully saturated rings. The normalized spacial score (nSPS) is 22.7. The van der Waals surface area contributed by atoms with Gasteiger partial charge in [0, 0.05) is 18.6 Å². The molecule has 8 heteroatoms. The van der Waals surface area contributed by atoms with Crippen molar-refractivity contribution < 1.29 is 19.5 Å². The number of hydrogen-bond acceptors (Lipinski definition) is 5. The predicted octanol–water partition coefficient (Wildman–Crippen LogP) is 2.58. The average Bonchev–Trinajstić information content (AvgIpc) is 3.45. The monoisotopic (exact) mass is 554 g/mol. The fraction of sp³-hybridized carbons (Fsp3) is 0.364. The highest BCUT2D eigenvalue weighted by molar-refractivity contribution is 5.94. The van der Waals surface area contributed by atoms with Gasteiger partial charge < -0.3 is 26.0 Å². The number of carbonyl (C=O) groups is 3. The molecule has 4 N–H and O–H groups in total. The third-order valence-electron chi connectivity index (χ3n) is 8.40. The number of carbonyl (C=O) groups excluding carboxylic acids is 3. The van der Waals surface area contributed by atoms with Gasteiger partial charge in [-0.15, -0.1) is 0 Å². The van der Waals surface area contributed by atoms with Crippen molar-refractivity contribution >= 4 is 17.7 Å². The van der Waals surface area contributed by atoms with Crippen LogP contribution in [0.15, 0.2) is 91.0 Å². The van der Waals surface area contributed by atoms with Gasteiger partial charge in [-0.25, -0.2) is 0 Å². The topological polar surface area (TPSA) is 111 Å². The Bertz CT molecular complexity index is 1280. The lowest BCUT2D eigenvalue weighted by Crippen LogP contribution is -2.64. The summed E-state index contributed by atoms with van der Waals surface area (Å²) in [4.78, 5) is 42.7. The summed E-state index contributed by atoms with van der Waals surface area (Å²) in [6.45, 7) is -0.217. The van der Waals surface area contributed by atoms with Crippen LogP contribution in [-0.2, 0) is 20.8 Å². The molecule has 0 bridgehead atoms. The Kier molecular flexibility index (Phi) is 9.11. The summed E-state index contributed by atoms with van der Waals surface area (Å²) in [6, 6.07) is 26.6. The van der Waals surface area contributed by atoms with Gasteiger partial charge in [-0.2, -0.15) is 0 Å². The molecule has 0 spiro atoms. The number of nitrogens with zero attached hydrogens (tertiary/aromatic N) is 1. The highest BCUT2D eigenvalue weighted by Crippen LogP contribution is 2.36. The second-order valence-corrected chi connectivity index (χ2v) is 11.0. The van der Waals surface area contributed by atoms with Crippen LogP contribution in [0.4, 0.5) is 0 Å². The van der Waals surface area contributed by atoms with Crippen LogP contribution in [0.2, 0.25) is 0 Å². The lowest BCUT2D eigenvalue weighted by Gasteiger charge is -2.42. The number of aliphatic hydroxyl groups is 1. The molecule has 0 aromatic heterocycles. The Morgan fingerprint density at radius 2 is 1.49 bits per heavy atom. The molecular formula is C33H38N4O4. The summed E-state index contributed by atoms with van der Waals surface area (Å²) in [6.07, 6.45) is 2.20. The van der Waals surface area contributed by atoms with E-state index in [1.165, 1.54) is 0 Å². The second kappa shape index (κ2) is 13.1. The molecule has 214 valence electrons. The van der Waals surface area contributed by atoms with Gasteiger partial charge in [-0.3, -0.25) is 14.4 Å². The third kappa shape index (κ3) is 6.34. The third-order valence-corrected chi connectivity index (χ3v) is 8.40. The number of nitrogens with one attached hydrogen (secondary N) is 3. The predicted molar refractivity (Wildman–Crippen MR) is 157 cm³/mol. The molecule has 8 nitrogen and oxygen atoms in total. The van der Waals surface area contributed by atoms with E-state index in [4.69, 9.17) is 0 Å². The molecule has 3 aromatic rings. The standard InChI is InChI=1S/C33H38N4O4/c1-34-27(19-22-11-5-2-6-12-22)31(39)36-30-25(21-38)20-26-17-18-28(37(26)33(30)41)32(40)35-29(23-13-7-3-8-14-23)24-15-9-4-10-16-24/h2-16,25-30,34,38H,17-21H2,1H3,(H,35,40)(H,36,39)/t25-,26?,27-,28+,30?/m1/s1. The zero-order valence-corrected chi connectivity index (χ0v) is 23.3. The van der Waals surface area contributed by atoms with Crippen LogP contribution in [0.3, 0.4) is 0 Å². The molecule has 41 heavy (non-hydrogen) atoms. The van der Waals surface area contributed by atoms with Crippen molar-refractivity contribution in [2.75, 3.05) is 13.7 Å². The van der Waals surface area contributed by atoms with Gasteiger partial charge in [0.15, 0.2) is 0 Å². The van der Waals surface area contributed by atoms with Crippen molar-refractivity contribution in [3.63, 3.8) is 0 Å². The van der Waals surface area contributed by atoms with E-state index in [1.54, 1.807) is 11.9 Å². The first kappa shape index (κ1) is 28.5. The number of piperidine rings is 1. The highest BCUT2D eigenvalue weighted by Gasteiger charge is 2.50. The number of fused-ring (bicyclic) bond motifs is 1. The smallest absolute Gasteiger partial charge is 0.246 e. The van der Waals surface area contributed by atoms with Gasteiger partial charge in [0.25, 0.3) is 0 Å². The molecule has 5 rings (SSSR count). The van der Waals surface area contributed by atoms with Crippen molar-refractivity contribution in [3.05, 3.63) is 108 Å². The van der Waals surface area contributed by atoms with Crippen LogP contribution < -0.4 is 16.0 Å². The second-order valence-electron chi connectivity index (χ2n) is 11.0. The van der Waals surface area contributed by atoms with Gasteiger partial charge in [0.1, 0.15) is 12.1 Å². The zero-order valence-electron chi connectivity index (χ0n) is 23.3. The number of amides is 3. The summed E-state index contributed by atoms with van der Waals surface area (Å²) in [5.41, 5.74) is 2.90. The van der Waals surface area contributed by atoms with Gasteiger partial charge in [-0.05, 0) is 49.4 Å². The van der Waals surface area contributed by atoms with Crippen LogP contribution in [0.5, 0.6) is 0 Å². The van der Waals surface area contributed by atoms with Crippen molar-refractivity contribution in [2.24, 2.45) is 5.92 Å². The Balaban J connectivity index is 1.33. The SMILES string of the molecule is CN[C@H](Cc1ccccc1)C(=O)NC1C(=O)N2C(CC[C@H]2C(=O)NC(c2ccccc2)c2ccccc2)C[C@@H]1CO. The quantitative estimate of drug-likeness (QED) is 0.308. The largest absolute Gasteiger partial charge is 0.396 e. The van der Waals surface area contributed by atoms with E-state index in [0.717, 1.165) is 16.7 Å². The summed E-state index contributed by atoms with van der Waals surface area (Å²) < 4.78 is 0. The van der Waals surface area contributed by atoms with Crippen molar-refractivity contribution in [1.29, 1.82) is 0 Å². The minimum absolute atomic E-state index is 0.153. The van der Waals surface area contributed by atoms with E-state index in [2.05, 4.69) is 16.0 Å². The average molecular weight is 555 g/mol. The fourth-order valence-corrected chi connectivity index (χ4v) is 6.23. The maximum absolute atomic E-state index is 13.9. The maximum Gasteiger partial charge on any atom is 0.246 e. The van der Waals surface area contributed by atoms with Crippen LogP contribution in [0.1, 0.15) is 42.0 Å². The first-order chi connectivity index (χ1) is 20.0. The van der Waals surface area contributed by atoms with E-state index < -0.39 is 24.0 Å². The van der Waals surface area contributed by atoms with E-state index in [1.807, 2.05) is 91.0 Å². The molecule has 3 aromatic carbocycles. The number of rotatable bonds is 10. The lowest BCUT2D eigenvalue weighted by molar-refractivity contribution is -0.149. The summed E-state index contributed by atoms with van der Waals surface area (Å²) in [7, 11) is 1.71. The molecule has 2 saturated heterocycles. The fourth-order valence-electron chi connectivity index (χ4n) is 6.23. The van der Waals surface area contributed by atoms with Crippen molar-refractivity contribution in [3.8, 4) is 0 Å². The zero-order chi connectivity index (χ0) is 28.8. The minimum atomic E-state index is -0.900. The van der Waals surface area contributed by atoms with Crippen molar-refractivity contribution in [1.82, 2.24) is 20.9 Å². The Morgan fingerprint density at radius 1 is 0.902 bits per heavy atom. The summed E-state index contributed by atoms with van der Waals surface area (Å²) in [5, 5.41) is 19.3. The maximum atomic E-state index is 13.9. The van der Waals surface area contributed by atoms with Gasteiger partial charge in [0.05, 0.1) is 12.1 Å². The van der Waals surface area contributed by atoms with Gasteiger partial charge in [0.2, 0.25) is 17.7 Å². The van der Waals surface area contributed by atoms with Crippen LogP contribution >= 0.6 is 0 Å². The molecule has 2 unspecified atom stereocenters. The van der Waals surface area contributed by atoms with Gasteiger partial charge in [-0.1, -0.05) is 91.0 Å². The Labute approximate surface area is 241 Å². The van der Waals surface area contributed by atoms with E-state index in [-0.39, 0.29) is 36.4 Å². The van der Waals surface area contributed by atoms with Crippen LogP contribution in [0, 0.1) is 5.92 Å². The first-order valence-electron chi connectivity index (χ1n) is 14.3. The molecule has 0 radical (unpaired) electrons. The van der Waals surface area contributed by atoms with E-state index in [9.17, 15) is 19.5 Å². The summed E-state index contributed by atoms with van der Waals surface area (Å²) >= 11 is 0. The molecule has 5 atom stereocenters. The van der Waals surface area contributed by atoms with Crippen molar-refractivity contribution in [2.45, 2.75) is 55.9 Å². The lowest BCUT2D eigenvalue weighted by atomic mass is 9.86. The number of benzene rings is 3. The molecular weight excluding hydrogens is 516 g/mol. The molecule has 2 aliphatic rings. The van der Waals surface area contributed by atoms with Crippen LogP contribution in [0.25, 0.3) is 0 Å². The Morgan fingerprint density at radius 3 is 2.05 bits per heavy atom. The first-order valence-corrected chi connectivity index (χ1v) is 14.3. The number of hydrogen-bond donors (Lipinski definition) is 4. The molecule has 2 aliphatic heterocycles. The van der Waals surface area contributed by atoms with E-state index >= 15 is 0 Å².